The maximum Gasteiger partial charge on any atom is 0.280 e. The Morgan fingerprint density at radius 3 is 2.75 bits per heavy atom. The summed E-state index contributed by atoms with van der Waals surface area (Å²) >= 11 is 0. The molecule has 9 heteroatoms. The van der Waals surface area contributed by atoms with Crippen LogP contribution in [0.1, 0.15) is 13.8 Å². The summed E-state index contributed by atoms with van der Waals surface area (Å²) in [5.41, 5.74) is -0.312. The fraction of sp³-hybridized carbons (Fsp3) is 0.455. The molecule has 2 unspecified atom stereocenters. The molecule has 1 aliphatic heterocycles. The van der Waals surface area contributed by atoms with Crippen molar-refractivity contribution in [2.75, 3.05) is 17.2 Å². The standard InChI is InChI=1S/C11H15N5O4/c1-4(17)8(19)6-3-12-9-7(14-6)10(20)16-11(15-9)13-5(2)18/h4,8,17,19H,3H2,1-2H3,(H3,12,13,15,16,18,20). The number of aromatic amines is 1. The zero-order valence-electron chi connectivity index (χ0n) is 11.0. The maximum absolute atomic E-state index is 11.9. The molecule has 9 nitrogen and oxygen atoms in total. The zero-order valence-corrected chi connectivity index (χ0v) is 11.0. The molecule has 0 bridgehead atoms. The molecule has 5 N–H and O–H groups in total. The molecule has 0 aromatic carbocycles. The minimum Gasteiger partial charge on any atom is -0.390 e. The second kappa shape index (κ2) is 5.39. The van der Waals surface area contributed by atoms with Crippen LogP contribution in [0.25, 0.3) is 0 Å². The van der Waals surface area contributed by atoms with Gasteiger partial charge in [-0.05, 0) is 6.92 Å². The van der Waals surface area contributed by atoms with E-state index in [9.17, 15) is 19.8 Å². The molecule has 1 aliphatic rings. The molecule has 0 fully saturated rings. The second-order valence-electron chi connectivity index (χ2n) is 4.44. The second-order valence-corrected chi connectivity index (χ2v) is 4.44. The molecule has 2 heterocycles. The topological polar surface area (TPSA) is 140 Å². The van der Waals surface area contributed by atoms with E-state index in [1.807, 2.05) is 0 Å². The number of rotatable bonds is 3. The number of nitrogens with one attached hydrogen (secondary N) is 3. The van der Waals surface area contributed by atoms with E-state index in [0.29, 0.717) is 0 Å². The Bertz CT molecular complexity index is 622. The van der Waals surface area contributed by atoms with Crippen LogP contribution in [-0.2, 0) is 4.79 Å². The predicted molar refractivity (Wildman–Crippen MR) is 72.4 cm³/mol. The Labute approximate surface area is 113 Å². The number of aliphatic hydroxyl groups is 2. The SMILES string of the molecule is CC(=O)Nc1nc2c(c(=O)[nH]1)N=C(C(O)C(C)O)CN2. The highest BCUT2D eigenvalue weighted by molar-refractivity contribution is 5.98. The first-order valence-electron chi connectivity index (χ1n) is 5.98. The Morgan fingerprint density at radius 1 is 1.45 bits per heavy atom. The average molecular weight is 281 g/mol. The molecular weight excluding hydrogens is 266 g/mol. The number of fused-ring (bicyclic) bond motifs is 1. The summed E-state index contributed by atoms with van der Waals surface area (Å²) < 4.78 is 0. The minimum atomic E-state index is -1.16. The van der Waals surface area contributed by atoms with Gasteiger partial charge >= 0.3 is 0 Å². The van der Waals surface area contributed by atoms with Gasteiger partial charge < -0.3 is 15.5 Å². The van der Waals surface area contributed by atoms with Gasteiger partial charge in [-0.15, -0.1) is 0 Å². The Kier molecular flexibility index (Phi) is 3.81. The van der Waals surface area contributed by atoms with Crippen molar-refractivity contribution in [3.05, 3.63) is 10.4 Å². The summed E-state index contributed by atoms with van der Waals surface area (Å²) in [5, 5.41) is 24.2. The van der Waals surface area contributed by atoms with Crippen LogP contribution in [0, 0.1) is 0 Å². The molecular formula is C11H15N5O4. The van der Waals surface area contributed by atoms with E-state index in [4.69, 9.17) is 0 Å². The third-order valence-corrected chi connectivity index (χ3v) is 2.68. The number of carbonyl (C=O) groups is 1. The lowest BCUT2D eigenvalue weighted by molar-refractivity contribution is -0.114. The largest absolute Gasteiger partial charge is 0.390 e. The third kappa shape index (κ3) is 2.83. The fourth-order valence-corrected chi connectivity index (χ4v) is 1.73. The van der Waals surface area contributed by atoms with Gasteiger partial charge in [-0.25, -0.2) is 4.99 Å². The Morgan fingerprint density at radius 2 is 2.15 bits per heavy atom. The van der Waals surface area contributed by atoms with Gasteiger partial charge in [-0.3, -0.25) is 19.9 Å². The number of amides is 1. The van der Waals surface area contributed by atoms with E-state index in [1.54, 1.807) is 0 Å². The number of aliphatic imine (C=N–C) groups is 1. The van der Waals surface area contributed by atoms with Crippen molar-refractivity contribution in [1.82, 2.24) is 9.97 Å². The molecule has 0 radical (unpaired) electrons. The van der Waals surface area contributed by atoms with Crippen molar-refractivity contribution < 1.29 is 15.0 Å². The lowest BCUT2D eigenvalue weighted by Crippen LogP contribution is -2.38. The molecule has 20 heavy (non-hydrogen) atoms. The van der Waals surface area contributed by atoms with Crippen molar-refractivity contribution in [1.29, 1.82) is 0 Å². The van der Waals surface area contributed by atoms with E-state index in [-0.39, 0.29) is 35.6 Å². The Hall–Kier alpha value is -2.26. The predicted octanol–water partition coefficient (Wildman–Crippen LogP) is -1.03. The maximum atomic E-state index is 11.9. The van der Waals surface area contributed by atoms with Gasteiger partial charge in [0.1, 0.15) is 6.10 Å². The van der Waals surface area contributed by atoms with Crippen LogP contribution in [0.3, 0.4) is 0 Å². The number of nitrogens with zero attached hydrogens (tertiary/aromatic N) is 2. The Balaban J connectivity index is 2.39. The monoisotopic (exact) mass is 281 g/mol. The number of anilines is 2. The van der Waals surface area contributed by atoms with Gasteiger partial charge in [0.15, 0.2) is 11.5 Å². The molecule has 1 amide bonds. The lowest BCUT2D eigenvalue weighted by atomic mass is 10.1. The molecule has 1 aromatic rings. The van der Waals surface area contributed by atoms with Crippen molar-refractivity contribution in [2.45, 2.75) is 26.1 Å². The van der Waals surface area contributed by atoms with Crippen molar-refractivity contribution in [3.63, 3.8) is 0 Å². The van der Waals surface area contributed by atoms with Crippen LogP contribution in [-0.4, -0.2) is 50.6 Å². The molecule has 0 spiro atoms. The van der Waals surface area contributed by atoms with Crippen molar-refractivity contribution >= 4 is 29.1 Å². The van der Waals surface area contributed by atoms with Crippen LogP contribution in [0.5, 0.6) is 0 Å². The number of aromatic nitrogens is 2. The summed E-state index contributed by atoms with van der Waals surface area (Å²) in [4.78, 5) is 33.2. The summed E-state index contributed by atoms with van der Waals surface area (Å²) in [5.74, 6) is -0.139. The lowest BCUT2D eigenvalue weighted by Gasteiger charge is -2.21. The number of hydrogen-bond acceptors (Lipinski definition) is 7. The molecule has 0 saturated carbocycles. The first-order valence-corrected chi connectivity index (χ1v) is 5.98. The van der Waals surface area contributed by atoms with Crippen molar-refractivity contribution in [3.8, 4) is 0 Å². The van der Waals surface area contributed by atoms with Gasteiger partial charge in [0, 0.05) is 6.92 Å². The van der Waals surface area contributed by atoms with Crippen LogP contribution < -0.4 is 16.2 Å². The zero-order chi connectivity index (χ0) is 14.9. The van der Waals surface area contributed by atoms with E-state index in [2.05, 4.69) is 25.6 Å². The highest BCUT2D eigenvalue weighted by Gasteiger charge is 2.24. The molecule has 108 valence electrons. The van der Waals surface area contributed by atoms with Crippen molar-refractivity contribution in [2.24, 2.45) is 4.99 Å². The molecule has 2 atom stereocenters. The highest BCUT2D eigenvalue weighted by Crippen LogP contribution is 2.23. The summed E-state index contributed by atoms with van der Waals surface area (Å²) in [6.07, 6.45) is -2.16. The number of hydrogen-bond donors (Lipinski definition) is 5. The normalized spacial score (nSPS) is 16.5. The first-order chi connectivity index (χ1) is 9.38. The highest BCUT2D eigenvalue weighted by atomic mass is 16.3. The molecule has 0 saturated heterocycles. The third-order valence-electron chi connectivity index (χ3n) is 2.68. The smallest absolute Gasteiger partial charge is 0.280 e. The fourth-order valence-electron chi connectivity index (χ4n) is 1.73. The number of H-pyrrole nitrogens is 1. The van der Waals surface area contributed by atoms with Gasteiger partial charge in [0.05, 0.1) is 18.4 Å². The minimum absolute atomic E-state index is 0.0000482. The number of aliphatic hydroxyl groups excluding tert-OH is 2. The van der Waals surface area contributed by atoms with Gasteiger partial charge in [-0.2, -0.15) is 4.98 Å². The van der Waals surface area contributed by atoms with Crippen LogP contribution >= 0.6 is 0 Å². The van der Waals surface area contributed by atoms with E-state index in [0.717, 1.165) is 0 Å². The summed E-state index contributed by atoms with van der Waals surface area (Å²) in [7, 11) is 0. The van der Waals surface area contributed by atoms with E-state index < -0.39 is 17.8 Å². The van der Waals surface area contributed by atoms with Crippen LogP contribution in [0.4, 0.5) is 17.5 Å². The summed E-state index contributed by atoms with van der Waals surface area (Å²) in [6, 6.07) is 0. The van der Waals surface area contributed by atoms with Gasteiger partial charge in [0.25, 0.3) is 5.56 Å². The van der Waals surface area contributed by atoms with E-state index >= 15 is 0 Å². The van der Waals surface area contributed by atoms with Gasteiger partial charge in [0.2, 0.25) is 11.9 Å². The molecule has 0 aliphatic carbocycles. The van der Waals surface area contributed by atoms with Crippen LogP contribution in [0.2, 0.25) is 0 Å². The van der Waals surface area contributed by atoms with E-state index in [1.165, 1.54) is 13.8 Å². The quantitative estimate of drug-likeness (QED) is 0.480. The van der Waals surface area contributed by atoms with Crippen LogP contribution in [0.15, 0.2) is 9.79 Å². The summed E-state index contributed by atoms with van der Waals surface area (Å²) in [6.45, 7) is 2.86. The molecule has 1 aromatic heterocycles. The van der Waals surface area contributed by atoms with Gasteiger partial charge in [-0.1, -0.05) is 0 Å². The first kappa shape index (κ1) is 14.2. The average Bonchev–Trinajstić information content (AvgIpc) is 2.36. The number of carbonyl (C=O) groups excluding carboxylic acids is 1. The molecule has 2 rings (SSSR count).